The number of amides is 1. The van der Waals surface area contributed by atoms with E-state index >= 15 is 0 Å². The van der Waals surface area contributed by atoms with Gasteiger partial charge in [-0.25, -0.2) is 0 Å². The molecule has 0 radical (unpaired) electrons. The Kier molecular flexibility index (Phi) is 6.66. The van der Waals surface area contributed by atoms with Crippen molar-refractivity contribution in [2.24, 2.45) is 5.73 Å². The summed E-state index contributed by atoms with van der Waals surface area (Å²) in [7, 11) is 0. The molecule has 126 valence electrons. The summed E-state index contributed by atoms with van der Waals surface area (Å²) in [5.74, 6) is 1.05. The first-order valence-electron chi connectivity index (χ1n) is 8.65. The average Bonchev–Trinajstić information content (AvgIpc) is 2.99. The highest BCUT2D eigenvalue weighted by Crippen LogP contribution is 2.27. The van der Waals surface area contributed by atoms with Gasteiger partial charge in [-0.05, 0) is 45.4 Å². The van der Waals surface area contributed by atoms with E-state index in [2.05, 4.69) is 0 Å². The molecule has 0 saturated carbocycles. The van der Waals surface area contributed by atoms with Gasteiger partial charge in [0.2, 0.25) is 5.91 Å². The van der Waals surface area contributed by atoms with Crippen molar-refractivity contribution in [2.45, 2.75) is 52.0 Å². The van der Waals surface area contributed by atoms with E-state index in [-0.39, 0.29) is 11.9 Å². The quantitative estimate of drug-likeness (QED) is 0.703. The van der Waals surface area contributed by atoms with Gasteiger partial charge in [0.1, 0.15) is 11.3 Å². The van der Waals surface area contributed by atoms with Crippen LogP contribution in [0.1, 0.15) is 57.8 Å². The summed E-state index contributed by atoms with van der Waals surface area (Å²) in [4.78, 5) is 14.4. The van der Waals surface area contributed by atoms with Crippen molar-refractivity contribution in [3.05, 3.63) is 36.1 Å². The van der Waals surface area contributed by atoms with Gasteiger partial charge in [0.05, 0.1) is 6.04 Å². The van der Waals surface area contributed by atoms with Crippen LogP contribution in [0.25, 0.3) is 11.0 Å². The van der Waals surface area contributed by atoms with Gasteiger partial charge in [-0.2, -0.15) is 0 Å². The lowest BCUT2D eigenvalue weighted by Crippen LogP contribution is -2.33. The number of hydrogen-bond acceptors (Lipinski definition) is 3. The summed E-state index contributed by atoms with van der Waals surface area (Å²) < 4.78 is 5.91. The third-order valence-corrected chi connectivity index (χ3v) is 4.33. The SMILES string of the molecule is CCN(C(=O)CCCCCCN)C(C)c1cc2ccccc2o1. The van der Waals surface area contributed by atoms with E-state index in [1.165, 1.54) is 0 Å². The second-order valence-corrected chi connectivity index (χ2v) is 6.00. The fourth-order valence-corrected chi connectivity index (χ4v) is 2.95. The lowest BCUT2D eigenvalue weighted by Gasteiger charge is -2.26. The first kappa shape index (κ1) is 17.5. The average molecular weight is 316 g/mol. The third kappa shape index (κ3) is 4.58. The number of para-hydroxylation sites is 1. The molecule has 1 amide bonds. The first-order valence-corrected chi connectivity index (χ1v) is 8.65. The highest BCUT2D eigenvalue weighted by molar-refractivity contribution is 5.79. The maximum absolute atomic E-state index is 12.5. The van der Waals surface area contributed by atoms with Crippen LogP contribution in [0.5, 0.6) is 0 Å². The van der Waals surface area contributed by atoms with E-state index in [4.69, 9.17) is 10.2 Å². The molecule has 1 aromatic heterocycles. The molecule has 0 spiro atoms. The number of benzene rings is 1. The van der Waals surface area contributed by atoms with Crippen molar-refractivity contribution < 1.29 is 9.21 Å². The monoisotopic (exact) mass is 316 g/mol. The Morgan fingerprint density at radius 2 is 1.96 bits per heavy atom. The summed E-state index contributed by atoms with van der Waals surface area (Å²) >= 11 is 0. The Bertz CT molecular complexity index is 588. The van der Waals surface area contributed by atoms with Gasteiger partial charge in [-0.15, -0.1) is 0 Å². The normalized spacial score (nSPS) is 12.5. The number of unbranched alkanes of at least 4 members (excludes halogenated alkanes) is 3. The Balaban J connectivity index is 1.97. The highest BCUT2D eigenvalue weighted by Gasteiger charge is 2.22. The van der Waals surface area contributed by atoms with E-state index in [9.17, 15) is 4.79 Å². The molecule has 2 N–H and O–H groups in total. The molecule has 0 aliphatic carbocycles. The van der Waals surface area contributed by atoms with Gasteiger partial charge in [-0.3, -0.25) is 4.79 Å². The van der Waals surface area contributed by atoms with Crippen LogP contribution >= 0.6 is 0 Å². The van der Waals surface area contributed by atoms with Crippen LogP contribution in [0, 0.1) is 0 Å². The standard InChI is InChI=1S/C19H28N2O2/c1-3-21(19(22)12-6-4-5-9-13-20)15(2)18-14-16-10-7-8-11-17(16)23-18/h7-8,10-11,14-15H,3-6,9,12-13,20H2,1-2H3. The summed E-state index contributed by atoms with van der Waals surface area (Å²) in [6.07, 6.45) is 4.75. The Morgan fingerprint density at radius 3 is 2.65 bits per heavy atom. The molecule has 0 fully saturated rings. The van der Waals surface area contributed by atoms with E-state index in [1.807, 2.05) is 49.1 Å². The number of furan rings is 1. The molecule has 1 heterocycles. The summed E-state index contributed by atoms with van der Waals surface area (Å²) in [6, 6.07) is 9.95. The van der Waals surface area contributed by atoms with Crippen LogP contribution in [0.3, 0.4) is 0 Å². The van der Waals surface area contributed by atoms with Crippen LogP contribution in [-0.2, 0) is 4.79 Å². The first-order chi connectivity index (χ1) is 11.2. The van der Waals surface area contributed by atoms with Crippen molar-refractivity contribution in [2.75, 3.05) is 13.1 Å². The van der Waals surface area contributed by atoms with Gasteiger partial charge in [-0.1, -0.05) is 31.0 Å². The number of nitrogens with zero attached hydrogens (tertiary/aromatic N) is 1. The van der Waals surface area contributed by atoms with E-state index in [1.54, 1.807) is 0 Å². The van der Waals surface area contributed by atoms with Gasteiger partial charge >= 0.3 is 0 Å². The second kappa shape index (κ2) is 8.73. The Morgan fingerprint density at radius 1 is 1.22 bits per heavy atom. The molecule has 23 heavy (non-hydrogen) atoms. The van der Waals surface area contributed by atoms with E-state index < -0.39 is 0 Å². The van der Waals surface area contributed by atoms with E-state index in [0.29, 0.717) is 13.0 Å². The fourth-order valence-electron chi connectivity index (χ4n) is 2.95. The van der Waals surface area contributed by atoms with Gasteiger partial charge in [0.15, 0.2) is 0 Å². The molecule has 0 aliphatic rings. The summed E-state index contributed by atoms with van der Waals surface area (Å²) in [5.41, 5.74) is 6.37. The number of rotatable bonds is 9. The predicted octanol–water partition coefficient (Wildman–Crippen LogP) is 4.25. The van der Waals surface area contributed by atoms with Crippen molar-refractivity contribution >= 4 is 16.9 Å². The summed E-state index contributed by atoms with van der Waals surface area (Å²) in [6.45, 7) is 5.48. The van der Waals surface area contributed by atoms with Crippen molar-refractivity contribution in [3.63, 3.8) is 0 Å². The number of nitrogens with two attached hydrogens (primary N) is 1. The molecule has 0 saturated heterocycles. The molecule has 0 bridgehead atoms. The molecule has 4 nitrogen and oxygen atoms in total. The highest BCUT2D eigenvalue weighted by atomic mass is 16.3. The maximum atomic E-state index is 12.5. The molecule has 1 atom stereocenters. The van der Waals surface area contributed by atoms with Gasteiger partial charge in [0, 0.05) is 18.4 Å². The predicted molar refractivity (Wildman–Crippen MR) is 94.2 cm³/mol. The van der Waals surface area contributed by atoms with Gasteiger partial charge in [0.25, 0.3) is 0 Å². The number of hydrogen-bond donors (Lipinski definition) is 1. The molecule has 0 aliphatic heterocycles. The lowest BCUT2D eigenvalue weighted by molar-refractivity contribution is -0.133. The Labute approximate surface area is 138 Å². The van der Waals surface area contributed by atoms with Crippen LogP contribution in [0.15, 0.2) is 34.7 Å². The topological polar surface area (TPSA) is 59.5 Å². The number of carbonyl (C=O) groups is 1. The van der Waals surface area contributed by atoms with Crippen molar-refractivity contribution in [1.29, 1.82) is 0 Å². The summed E-state index contributed by atoms with van der Waals surface area (Å²) in [5, 5.41) is 1.08. The molecular formula is C19H28N2O2. The number of carbonyl (C=O) groups excluding carboxylic acids is 1. The third-order valence-electron chi connectivity index (χ3n) is 4.33. The van der Waals surface area contributed by atoms with Crippen LogP contribution in [0.4, 0.5) is 0 Å². The molecule has 4 heteroatoms. The zero-order valence-corrected chi connectivity index (χ0v) is 14.3. The molecule has 1 aromatic carbocycles. The minimum absolute atomic E-state index is 0.0380. The van der Waals surface area contributed by atoms with Crippen molar-refractivity contribution in [3.8, 4) is 0 Å². The molecular weight excluding hydrogens is 288 g/mol. The van der Waals surface area contributed by atoms with Crippen LogP contribution < -0.4 is 5.73 Å². The fraction of sp³-hybridized carbons (Fsp3) is 0.526. The Hall–Kier alpha value is -1.81. The zero-order valence-electron chi connectivity index (χ0n) is 14.3. The lowest BCUT2D eigenvalue weighted by atomic mass is 10.1. The van der Waals surface area contributed by atoms with Crippen LogP contribution in [0.2, 0.25) is 0 Å². The smallest absolute Gasteiger partial charge is 0.223 e. The minimum Gasteiger partial charge on any atom is -0.459 e. The molecule has 1 unspecified atom stereocenters. The van der Waals surface area contributed by atoms with Crippen molar-refractivity contribution in [1.82, 2.24) is 4.90 Å². The minimum atomic E-state index is -0.0380. The second-order valence-electron chi connectivity index (χ2n) is 6.00. The van der Waals surface area contributed by atoms with Gasteiger partial charge < -0.3 is 15.1 Å². The number of fused-ring (bicyclic) bond motifs is 1. The maximum Gasteiger partial charge on any atom is 0.223 e. The molecule has 2 rings (SSSR count). The molecule has 2 aromatic rings. The largest absolute Gasteiger partial charge is 0.459 e. The van der Waals surface area contributed by atoms with E-state index in [0.717, 1.165) is 49.0 Å². The van der Waals surface area contributed by atoms with Crippen LogP contribution in [-0.4, -0.2) is 23.9 Å². The zero-order chi connectivity index (χ0) is 16.7.